The molecule has 1 N–H and O–H groups in total. The van der Waals surface area contributed by atoms with Crippen molar-refractivity contribution in [1.29, 1.82) is 0 Å². The Morgan fingerprint density at radius 1 is 1.28 bits per heavy atom. The average Bonchev–Trinajstić information content (AvgIpc) is 3.21. The van der Waals surface area contributed by atoms with E-state index in [1.165, 1.54) is 34.0 Å². The SMILES string of the molecule is CSc1ccccc1NC(=O)CSc1ncnc2sc3c(c12)CCC3. The zero-order valence-electron chi connectivity index (χ0n) is 13.7. The summed E-state index contributed by atoms with van der Waals surface area (Å²) in [4.78, 5) is 24.8. The molecule has 4 rings (SSSR count). The Morgan fingerprint density at radius 2 is 2.16 bits per heavy atom. The zero-order chi connectivity index (χ0) is 17.2. The summed E-state index contributed by atoms with van der Waals surface area (Å²) in [6.45, 7) is 0. The molecule has 3 aromatic rings. The molecule has 1 aliphatic carbocycles. The highest BCUT2D eigenvalue weighted by Gasteiger charge is 2.21. The lowest BCUT2D eigenvalue weighted by Crippen LogP contribution is -2.14. The number of aromatic nitrogens is 2. The molecule has 4 nitrogen and oxygen atoms in total. The predicted molar refractivity (Wildman–Crippen MR) is 107 cm³/mol. The number of thiophene rings is 1. The first-order chi connectivity index (χ1) is 12.3. The first-order valence-electron chi connectivity index (χ1n) is 8.07. The molecule has 1 amide bonds. The Morgan fingerprint density at radius 3 is 3.04 bits per heavy atom. The molecule has 0 saturated heterocycles. The van der Waals surface area contributed by atoms with Gasteiger partial charge in [-0.2, -0.15) is 0 Å². The quantitative estimate of drug-likeness (QED) is 0.511. The van der Waals surface area contributed by atoms with Gasteiger partial charge in [-0.1, -0.05) is 23.9 Å². The number of anilines is 1. The van der Waals surface area contributed by atoms with E-state index in [1.54, 1.807) is 29.4 Å². The summed E-state index contributed by atoms with van der Waals surface area (Å²) in [5.41, 5.74) is 2.26. The first kappa shape index (κ1) is 16.9. The molecule has 25 heavy (non-hydrogen) atoms. The molecule has 128 valence electrons. The van der Waals surface area contributed by atoms with Crippen molar-refractivity contribution in [1.82, 2.24) is 9.97 Å². The van der Waals surface area contributed by atoms with E-state index in [1.807, 2.05) is 30.5 Å². The van der Waals surface area contributed by atoms with Crippen LogP contribution in [0.2, 0.25) is 0 Å². The van der Waals surface area contributed by atoms with E-state index in [4.69, 9.17) is 0 Å². The van der Waals surface area contributed by atoms with Crippen LogP contribution in [0.5, 0.6) is 0 Å². The minimum atomic E-state index is -0.00913. The molecule has 0 aliphatic heterocycles. The maximum absolute atomic E-state index is 12.4. The smallest absolute Gasteiger partial charge is 0.234 e. The summed E-state index contributed by atoms with van der Waals surface area (Å²) in [5, 5.41) is 5.10. The normalized spacial score (nSPS) is 13.2. The Labute approximate surface area is 158 Å². The number of nitrogens with zero attached hydrogens (tertiary/aromatic N) is 2. The average molecular weight is 388 g/mol. The van der Waals surface area contributed by atoms with E-state index in [0.29, 0.717) is 5.75 Å². The van der Waals surface area contributed by atoms with Crippen LogP contribution < -0.4 is 5.32 Å². The first-order valence-corrected chi connectivity index (χ1v) is 11.1. The van der Waals surface area contributed by atoms with Gasteiger partial charge < -0.3 is 5.32 Å². The Balaban J connectivity index is 1.50. The number of nitrogens with one attached hydrogen (secondary N) is 1. The summed E-state index contributed by atoms with van der Waals surface area (Å²) >= 11 is 4.90. The van der Waals surface area contributed by atoms with E-state index in [0.717, 1.165) is 33.3 Å². The van der Waals surface area contributed by atoms with Crippen molar-refractivity contribution in [2.24, 2.45) is 0 Å². The van der Waals surface area contributed by atoms with Crippen molar-refractivity contribution in [2.75, 3.05) is 17.3 Å². The highest BCUT2D eigenvalue weighted by atomic mass is 32.2. The molecule has 0 radical (unpaired) electrons. The lowest BCUT2D eigenvalue weighted by Gasteiger charge is -2.09. The van der Waals surface area contributed by atoms with Crippen LogP contribution in [-0.4, -0.2) is 27.9 Å². The van der Waals surface area contributed by atoms with Gasteiger partial charge in [0.2, 0.25) is 5.91 Å². The number of fused-ring (bicyclic) bond motifs is 3. The summed E-state index contributed by atoms with van der Waals surface area (Å²) in [7, 11) is 0. The van der Waals surface area contributed by atoms with Crippen molar-refractivity contribution in [2.45, 2.75) is 29.2 Å². The monoisotopic (exact) mass is 387 g/mol. The number of aryl methyl sites for hydroxylation is 2. The Hall–Kier alpha value is -1.57. The third-order valence-electron chi connectivity index (χ3n) is 4.19. The number of thioether (sulfide) groups is 2. The maximum Gasteiger partial charge on any atom is 0.234 e. The fourth-order valence-corrected chi connectivity index (χ4v) is 5.75. The van der Waals surface area contributed by atoms with Gasteiger partial charge in [-0.3, -0.25) is 4.79 Å². The van der Waals surface area contributed by atoms with E-state index in [-0.39, 0.29) is 5.91 Å². The van der Waals surface area contributed by atoms with Gasteiger partial charge in [0.15, 0.2) is 0 Å². The van der Waals surface area contributed by atoms with Gasteiger partial charge in [0.05, 0.1) is 11.4 Å². The molecule has 7 heteroatoms. The van der Waals surface area contributed by atoms with Crippen LogP contribution in [-0.2, 0) is 17.6 Å². The lowest BCUT2D eigenvalue weighted by molar-refractivity contribution is -0.113. The van der Waals surface area contributed by atoms with E-state index in [9.17, 15) is 4.79 Å². The standard InChI is InChI=1S/C18H17N3OS3/c1-23-14-7-3-2-6-12(14)21-15(22)9-24-17-16-11-5-4-8-13(11)25-18(16)20-10-19-17/h2-3,6-7,10H,4-5,8-9H2,1H3,(H,21,22). The minimum Gasteiger partial charge on any atom is -0.324 e. The maximum atomic E-state index is 12.4. The molecule has 0 bridgehead atoms. The molecular weight excluding hydrogens is 370 g/mol. The van der Waals surface area contributed by atoms with Crippen molar-refractivity contribution >= 4 is 56.7 Å². The molecule has 0 unspecified atom stereocenters. The van der Waals surface area contributed by atoms with E-state index < -0.39 is 0 Å². The highest BCUT2D eigenvalue weighted by molar-refractivity contribution is 8.00. The van der Waals surface area contributed by atoms with Gasteiger partial charge in [-0.05, 0) is 43.2 Å². The fraction of sp³-hybridized carbons (Fsp3) is 0.278. The molecular formula is C18H17N3OS3. The van der Waals surface area contributed by atoms with E-state index >= 15 is 0 Å². The third-order valence-corrected chi connectivity index (χ3v) is 7.17. The van der Waals surface area contributed by atoms with Gasteiger partial charge in [-0.25, -0.2) is 9.97 Å². The van der Waals surface area contributed by atoms with Crippen LogP contribution in [0.4, 0.5) is 5.69 Å². The second kappa shape index (κ2) is 7.35. The molecule has 1 aliphatic rings. The van der Waals surface area contributed by atoms with Crippen LogP contribution in [0.1, 0.15) is 16.9 Å². The summed E-state index contributed by atoms with van der Waals surface area (Å²) in [6, 6.07) is 7.86. The molecule has 0 saturated carbocycles. The van der Waals surface area contributed by atoms with Crippen molar-refractivity contribution in [3.63, 3.8) is 0 Å². The molecule has 0 fully saturated rings. The summed E-state index contributed by atoms with van der Waals surface area (Å²) in [6.07, 6.45) is 7.07. The molecule has 0 spiro atoms. The number of para-hydroxylation sites is 1. The van der Waals surface area contributed by atoms with E-state index in [2.05, 4.69) is 15.3 Å². The number of carbonyl (C=O) groups excluding carboxylic acids is 1. The number of amides is 1. The summed E-state index contributed by atoms with van der Waals surface area (Å²) in [5.74, 6) is 0.338. The highest BCUT2D eigenvalue weighted by Crippen LogP contribution is 2.40. The topological polar surface area (TPSA) is 54.9 Å². The number of rotatable bonds is 5. The molecule has 0 atom stereocenters. The molecule has 1 aromatic carbocycles. The second-order valence-electron chi connectivity index (χ2n) is 5.75. The molecule has 2 heterocycles. The van der Waals surface area contributed by atoms with Crippen molar-refractivity contribution in [3.05, 3.63) is 41.0 Å². The third kappa shape index (κ3) is 3.41. The van der Waals surface area contributed by atoms with Gasteiger partial charge >= 0.3 is 0 Å². The Bertz CT molecular complexity index is 938. The zero-order valence-corrected chi connectivity index (χ0v) is 16.2. The second-order valence-corrected chi connectivity index (χ2v) is 8.65. The van der Waals surface area contributed by atoms with Crippen LogP contribution in [0.3, 0.4) is 0 Å². The Kier molecular flexibility index (Phi) is 4.96. The van der Waals surface area contributed by atoms with Crippen molar-refractivity contribution in [3.8, 4) is 0 Å². The number of hydrogen-bond donors (Lipinski definition) is 1. The largest absolute Gasteiger partial charge is 0.324 e. The number of carbonyl (C=O) groups is 1. The van der Waals surface area contributed by atoms with Gasteiger partial charge in [-0.15, -0.1) is 23.1 Å². The molecule has 2 aromatic heterocycles. The number of hydrogen-bond acceptors (Lipinski definition) is 6. The van der Waals surface area contributed by atoms with Crippen molar-refractivity contribution < 1.29 is 4.79 Å². The van der Waals surface area contributed by atoms with Crippen LogP contribution in [0.25, 0.3) is 10.2 Å². The summed E-state index contributed by atoms with van der Waals surface area (Å²) < 4.78 is 0. The van der Waals surface area contributed by atoms with Crippen LogP contribution in [0.15, 0.2) is 40.5 Å². The van der Waals surface area contributed by atoms with Crippen LogP contribution in [0, 0.1) is 0 Å². The predicted octanol–water partition coefficient (Wildman–Crippen LogP) is 4.63. The van der Waals surface area contributed by atoms with Gasteiger partial charge in [0, 0.05) is 15.2 Å². The van der Waals surface area contributed by atoms with Crippen LogP contribution >= 0.6 is 34.9 Å². The fourth-order valence-electron chi connectivity index (χ4n) is 3.08. The number of benzene rings is 1. The minimum absolute atomic E-state index is 0.00913. The van der Waals surface area contributed by atoms with Gasteiger partial charge in [0.25, 0.3) is 0 Å². The van der Waals surface area contributed by atoms with Gasteiger partial charge in [0.1, 0.15) is 16.2 Å². The lowest BCUT2D eigenvalue weighted by atomic mass is 10.2.